The summed E-state index contributed by atoms with van der Waals surface area (Å²) in [5.74, 6) is -0.797. The average molecular weight is 286 g/mol. The predicted molar refractivity (Wildman–Crippen MR) is 70.5 cm³/mol. The summed E-state index contributed by atoms with van der Waals surface area (Å²) in [5.41, 5.74) is 0. The Kier molecular flexibility index (Phi) is 4.03. The van der Waals surface area contributed by atoms with Gasteiger partial charge in [-0.1, -0.05) is 13.8 Å². The van der Waals surface area contributed by atoms with Gasteiger partial charge in [0.25, 0.3) is 0 Å². The van der Waals surface area contributed by atoms with E-state index in [1.165, 1.54) is 16.7 Å². The highest BCUT2D eigenvalue weighted by molar-refractivity contribution is 8.00. The number of carboxylic acid groups (broad SMARTS) is 1. The molecule has 0 aliphatic carbocycles. The Morgan fingerprint density at radius 3 is 2.63 bits per heavy atom. The molecule has 6 nitrogen and oxygen atoms in total. The molecule has 2 aliphatic rings. The lowest BCUT2D eigenvalue weighted by Crippen LogP contribution is -2.53. The van der Waals surface area contributed by atoms with Gasteiger partial charge in [-0.3, -0.25) is 9.59 Å². The molecule has 106 valence electrons. The largest absolute Gasteiger partial charge is 0.480 e. The Labute approximate surface area is 115 Å². The number of thioether (sulfide) groups is 1. The topological polar surface area (TPSA) is 86.7 Å². The van der Waals surface area contributed by atoms with Crippen LogP contribution in [0.1, 0.15) is 26.7 Å². The van der Waals surface area contributed by atoms with Gasteiger partial charge in [-0.15, -0.1) is 11.8 Å². The molecule has 2 fully saturated rings. The number of hydrogen-bond acceptors (Lipinski definition) is 4. The molecule has 0 aromatic heterocycles. The van der Waals surface area contributed by atoms with Crippen LogP contribution in [-0.2, 0) is 14.4 Å². The Balaban J connectivity index is 2.18. The lowest BCUT2D eigenvalue weighted by Gasteiger charge is -2.31. The third-order valence-electron chi connectivity index (χ3n) is 3.44. The van der Waals surface area contributed by atoms with Crippen LogP contribution < -0.4 is 5.32 Å². The Bertz CT molecular complexity index is 413. The van der Waals surface area contributed by atoms with Gasteiger partial charge in [-0.2, -0.15) is 0 Å². The van der Waals surface area contributed by atoms with E-state index in [1.807, 2.05) is 13.8 Å². The van der Waals surface area contributed by atoms with Crippen LogP contribution in [0.4, 0.5) is 0 Å². The summed E-state index contributed by atoms with van der Waals surface area (Å²) in [6, 6.07) is -1.35. The van der Waals surface area contributed by atoms with Crippen molar-refractivity contribution in [1.29, 1.82) is 0 Å². The number of carbonyl (C=O) groups is 3. The first-order chi connectivity index (χ1) is 8.91. The van der Waals surface area contributed by atoms with Crippen LogP contribution in [0.3, 0.4) is 0 Å². The minimum atomic E-state index is -0.978. The normalized spacial score (nSPS) is 30.8. The van der Waals surface area contributed by atoms with Gasteiger partial charge < -0.3 is 15.3 Å². The predicted octanol–water partition coefficient (Wildman–Crippen LogP) is 0.276. The molecule has 2 saturated heterocycles. The Morgan fingerprint density at radius 1 is 1.47 bits per heavy atom. The van der Waals surface area contributed by atoms with Crippen LogP contribution in [0.2, 0.25) is 0 Å². The summed E-state index contributed by atoms with van der Waals surface area (Å²) >= 11 is 1.49. The summed E-state index contributed by atoms with van der Waals surface area (Å²) in [5, 5.41) is 11.7. The molecule has 2 rings (SSSR count). The van der Waals surface area contributed by atoms with E-state index in [4.69, 9.17) is 0 Å². The quantitative estimate of drug-likeness (QED) is 0.778. The zero-order valence-electron chi connectivity index (χ0n) is 11.0. The maximum atomic E-state index is 12.5. The Hall–Kier alpha value is -1.24. The van der Waals surface area contributed by atoms with Crippen molar-refractivity contribution < 1.29 is 19.5 Å². The molecule has 0 bridgehead atoms. The summed E-state index contributed by atoms with van der Waals surface area (Å²) in [6.45, 7) is 3.94. The van der Waals surface area contributed by atoms with Crippen molar-refractivity contribution in [1.82, 2.24) is 10.2 Å². The Morgan fingerprint density at radius 2 is 2.16 bits per heavy atom. The van der Waals surface area contributed by atoms with Crippen molar-refractivity contribution in [2.45, 2.75) is 44.1 Å². The monoisotopic (exact) mass is 286 g/mol. The number of hydrogen-bond donors (Lipinski definition) is 2. The summed E-state index contributed by atoms with van der Waals surface area (Å²) < 4.78 is 0. The number of rotatable bonds is 3. The van der Waals surface area contributed by atoms with Crippen LogP contribution >= 0.6 is 11.8 Å². The second kappa shape index (κ2) is 5.40. The van der Waals surface area contributed by atoms with Crippen molar-refractivity contribution in [3.8, 4) is 0 Å². The fourth-order valence-electron chi connectivity index (χ4n) is 2.49. The van der Waals surface area contributed by atoms with E-state index >= 15 is 0 Å². The molecule has 0 spiro atoms. The lowest BCUT2D eigenvalue weighted by molar-refractivity contribution is -0.150. The first kappa shape index (κ1) is 14.2. The SMILES string of the molecule is CC(C)C1SCC(C(=O)O)N1C(=O)[C@@H]1CCC(=O)N1. The van der Waals surface area contributed by atoms with E-state index in [2.05, 4.69) is 5.32 Å². The summed E-state index contributed by atoms with van der Waals surface area (Å²) in [6.07, 6.45) is 0.789. The van der Waals surface area contributed by atoms with E-state index in [0.29, 0.717) is 18.6 Å². The second-order valence-corrected chi connectivity index (χ2v) is 6.38. The fourth-order valence-corrected chi connectivity index (χ4v) is 3.97. The molecule has 2 N–H and O–H groups in total. The number of carbonyl (C=O) groups excluding carboxylic acids is 2. The fraction of sp³-hybridized carbons (Fsp3) is 0.750. The van der Waals surface area contributed by atoms with Crippen molar-refractivity contribution in [3.63, 3.8) is 0 Å². The number of nitrogens with zero attached hydrogens (tertiary/aromatic N) is 1. The highest BCUT2D eigenvalue weighted by Gasteiger charge is 2.45. The number of carboxylic acids is 1. The standard InChI is InChI=1S/C12H18N2O4S/c1-6(2)11-14(8(5-19-11)12(17)18)10(16)7-3-4-9(15)13-7/h6-8,11H,3-5H2,1-2H3,(H,13,15)(H,17,18)/t7-,8?,11?/m0/s1. The molecule has 2 aliphatic heterocycles. The number of amides is 2. The van der Waals surface area contributed by atoms with Gasteiger partial charge in [0.1, 0.15) is 12.1 Å². The van der Waals surface area contributed by atoms with Crippen LogP contribution in [0.25, 0.3) is 0 Å². The van der Waals surface area contributed by atoms with Gasteiger partial charge >= 0.3 is 5.97 Å². The third kappa shape index (κ3) is 2.70. The molecule has 3 atom stereocenters. The van der Waals surface area contributed by atoms with E-state index < -0.39 is 18.1 Å². The zero-order valence-corrected chi connectivity index (χ0v) is 11.8. The molecule has 0 saturated carbocycles. The maximum absolute atomic E-state index is 12.5. The van der Waals surface area contributed by atoms with Gasteiger partial charge in [-0.05, 0) is 12.3 Å². The van der Waals surface area contributed by atoms with Crippen LogP contribution in [-0.4, -0.2) is 51.0 Å². The van der Waals surface area contributed by atoms with Gasteiger partial charge in [-0.25, -0.2) is 4.79 Å². The first-order valence-corrected chi connectivity index (χ1v) is 7.42. The van der Waals surface area contributed by atoms with Crippen molar-refractivity contribution in [2.24, 2.45) is 5.92 Å². The number of nitrogens with one attached hydrogen (secondary N) is 1. The van der Waals surface area contributed by atoms with E-state index in [0.717, 1.165) is 0 Å². The minimum Gasteiger partial charge on any atom is -0.480 e. The molecular weight excluding hydrogens is 268 g/mol. The third-order valence-corrected chi connectivity index (χ3v) is 5.06. The van der Waals surface area contributed by atoms with Gasteiger partial charge in [0.2, 0.25) is 11.8 Å². The molecular formula is C12H18N2O4S. The summed E-state index contributed by atoms with van der Waals surface area (Å²) in [4.78, 5) is 36.4. The van der Waals surface area contributed by atoms with Crippen LogP contribution in [0.15, 0.2) is 0 Å². The van der Waals surface area contributed by atoms with Gasteiger partial charge in [0.15, 0.2) is 0 Å². The van der Waals surface area contributed by atoms with Crippen LogP contribution in [0, 0.1) is 5.92 Å². The van der Waals surface area contributed by atoms with E-state index in [1.54, 1.807) is 0 Å². The highest BCUT2D eigenvalue weighted by Crippen LogP contribution is 2.35. The van der Waals surface area contributed by atoms with Gasteiger partial charge in [0.05, 0.1) is 5.37 Å². The average Bonchev–Trinajstić information content (AvgIpc) is 2.93. The van der Waals surface area contributed by atoms with Crippen molar-refractivity contribution in [2.75, 3.05) is 5.75 Å². The molecule has 2 unspecified atom stereocenters. The smallest absolute Gasteiger partial charge is 0.327 e. The summed E-state index contributed by atoms with van der Waals surface area (Å²) in [7, 11) is 0. The molecule has 0 aromatic rings. The molecule has 0 radical (unpaired) electrons. The molecule has 7 heteroatoms. The second-order valence-electron chi connectivity index (χ2n) is 5.23. The van der Waals surface area contributed by atoms with E-state index in [9.17, 15) is 19.5 Å². The van der Waals surface area contributed by atoms with E-state index in [-0.39, 0.29) is 23.1 Å². The number of aliphatic carboxylic acids is 1. The molecule has 2 heterocycles. The van der Waals surface area contributed by atoms with Crippen molar-refractivity contribution >= 4 is 29.5 Å². The van der Waals surface area contributed by atoms with Crippen LogP contribution in [0.5, 0.6) is 0 Å². The van der Waals surface area contributed by atoms with Gasteiger partial charge in [0, 0.05) is 12.2 Å². The molecule has 2 amide bonds. The molecule has 19 heavy (non-hydrogen) atoms. The first-order valence-electron chi connectivity index (χ1n) is 6.37. The minimum absolute atomic E-state index is 0.133. The highest BCUT2D eigenvalue weighted by atomic mass is 32.2. The maximum Gasteiger partial charge on any atom is 0.327 e. The molecule has 0 aromatic carbocycles. The zero-order chi connectivity index (χ0) is 14.2. The van der Waals surface area contributed by atoms with Crippen molar-refractivity contribution in [3.05, 3.63) is 0 Å². The lowest BCUT2D eigenvalue weighted by atomic mass is 10.1.